The molecule has 0 unspecified atom stereocenters. The number of ether oxygens (including phenoxy) is 2. The van der Waals surface area contributed by atoms with Crippen molar-refractivity contribution >= 4 is 39.7 Å². The van der Waals surface area contributed by atoms with E-state index < -0.39 is 23.6 Å². The summed E-state index contributed by atoms with van der Waals surface area (Å²) in [6.07, 6.45) is 2.97. The van der Waals surface area contributed by atoms with Gasteiger partial charge in [0.05, 0.1) is 31.9 Å². The number of nitrogens with zero attached hydrogens (tertiary/aromatic N) is 4. The third-order valence-electron chi connectivity index (χ3n) is 8.27. The van der Waals surface area contributed by atoms with Gasteiger partial charge in [0, 0.05) is 41.7 Å². The number of aryl methyl sites for hydroxylation is 3. The number of carbonyl (C=O) groups excluding carboxylic acids is 3. The van der Waals surface area contributed by atoms with Gasteiger partial charge in [0.25, 0.3) is 11.8 Å². The number of carbonyl (C=O) groups is 3. The molecule has 3 aromatic heterocycles. The molecule has 11 nitrogen and oxygen atoms in total. The average molecular weight is 599 g/mol. The van der Waals surface area contributed by atoms with Gasteiger partial charge in [0.15, 0.2) is 11.6 Å². The van der Waals surface area contributed by atoms with Gasteiger partial charge in [-0.2, -0.15) is 5.10 Å². The highest BCUT2D eigenvalue weighted by molar-refractivity contribution is 6.05. The summed E-state index contributed by atoms with van der Waals surface area (Å²) < 4.78 is 29.3. The van der Waals surface area contributed by atoms with Gasteiger partial charge in [0.1, 0.15) is 11.3 Å². The Hall–Kier alpha value is -5.26. The fourth-order valence-corrected chi connectivity index (χ4v) is 5.91. The molecular weight excluding hydrogens is 567 g/mol. The molecule has 2 aromatic carbocycles. The minimum Gasteiger partial charge on any atom is -0.490 e. The van der Waals surface area contributed by atoms with E-state index in [0.717, 1.165) is 28.5 Å². The van der Waals surface area contributed by atoms with Crippen LogP contribution in [0.4, 0.5) is 4.39 Å². The van der Waals surface area contributed by atoms with Gasteiger partial charge >= 0.3 is 5.97 Å². The van der Waals surface area contributed by atoms with Crippen LogP contribution in [0.1, 0.15) is 49.7 Å². The molecule has 0 fully saturated rings. The minimum atomic E-state index is -0.582. The summed E-state index contributed by atoms with van der Waals surface area (Å²) in [5.41, 5.74) is 10.7. The second-order valence-electron chi connectivity index (χ2n) is 10.9. The lowest BCUT2D eigenvalue weighted by molar-refractivity contribution is -0.139. The SMILES string of the molecule is COC(=O)Cc1c(C)nc2c(cc(C(=O)NNC(=O)c3ccc4c(cnn4C)c3)n2C)c1-c1cc(F)c2c(c1C)CCCO2. The number of benzene rings is 2. The lowest BCUT2D eigenvalue weighted by atomic mass is 9.87. The van der Waals surface area contributed by atoms with E-state index in [-0.39, 0.29) is 17.9 Å². The first-order valence-corrected chi connectivity index (χ1v) is 14.1. The van der Waals surface area contributed by atoms with Crippen LogP contribution in [0.3, 0.4) is 0 Å². The minimum absolute atomic E-state index is 0.0942. The summed E-state index contributed by atoms with van der Waals surface area (Å²) in [5.74, 6) is -1.80. The fraction of sp³-hybridized carbons (Fsp3) is 0.281. The Morgan fingerprint density at radius 2 is 1.86 bits per heavy atom. The molecule has 1 aliphatic heterocycles. The summed E-state index contributed by atoms with van der Waals surface area (Å²) in [6, 6.07) is 8.17. The van der Waals surface area contributed by atoms with Gasteiger partial charge in [-0.05, 0) is 79.3 Å². The zero-order valence-corrected chi connectivity index (χ0v) is 25.0. The van der Waals surface area contributed by atoms with E-state index in [0.29, 0.717) is 52.0 Å². The zero-order chi connectivity index (χ0) is 31.3. The Morgan fingerprint density at radius 1 is 1.09 bits per heavy atom. The molecule has 0 radical (unpaired) electrons. The van der Waals surface area contributed by atoms with Gasteiger partial charge in [-0.3, -0.25) is 29.9 Å². The number of nitrogens with one attached hydrogen (secondary N) is 2. The highest BCUT2D eigenvalue weighted by Crippen LogP contribution is 2.42. The maximum absolute atomic E-state index is 15.4. The van der Waals surface area contributed by atoms with Gasteiger partial charge < -0.3 is 14.0 Å². The molecule has 6 rings (SSSR count). The van der Waals surface area contributed by atoms with Gasteiger partial charge in [-0.1, -0.05) is 0 Å². The second-order valence-corrected chi connectivity index (χ2v) is 10.9. The number of hydrogen-bond donors (Lipinski definition) is 2. The Labute approximate surface area is 251 Å². The van der Waals surface area contributed by atoms with Crippen molar-refractivity contribution in [2.75, 3.05) is 13.7 Å². The highest BCUT2D eigenvalue weighted by atomic mass is 19.1. The van der Waals surface area contributed by atoms with Crippen LogP contribution < -0.4 is 15.6 Å². The zero-order valence-electron chi connectivity index (χ0n) is 25.0. The Balaban J connectivity index is 1.41. The molecule has 44 heavy (non-hydrogen) atoms. The predicted molar refractivity (Wildman–Crippen MR) is 161 cm³/mol. The Bertz CT molecular complexity index is 2010. The third kappa shape index (κ3) is 4.81. The summed E-state index contributed by atoms with van der Waals surface area (Å²) in [6.45, 7) is 4.11. The number of rotatable bonds is 5. The van der Waals surface area contributed by atoms with Crippen LogP contribution in [0, 0.1) is 19.7 Å². The van der Waals surface area contributed by atoms with Crippen molar-refractivity contribution in [2.24, 2.45) is 14.1 Å². The first kappa shape index (κ1) is 28.8. The number of fused-ring (bicyclic) bond motifs is 3. The molecule has 0 atom stereocenters. The standard InChI is InChI=1S/C32H31FN6O5/c1-16-20-7-6-10-44-29(20)24(33)12-21(16)28-22(14-27(40)43-5)17(2)35-30-23(28)13-26(38(30)3)32(42)37-36-31(41)18-8-9-25-19(11-18)15-34-39(25)4/h8-9,11-13,15H,6-7,10,14H2,1-5H3,(H,36,41)(H,37,42). The molecule has 0 saturated heterocycles. The number of hydrogen-bond acceptors (Lipinski definition) is 7. The number of methoxy groups -OCH3 is 1. The molecular formula is C32H31FN6O5. The largest absolute Gasteiger partial charge is 0.490 e. The molecule has 2 N–H and O–H groups in total. The summed E-state index contributed by atoms with van der Waals surface area (Å²) in [4.78, 5) is 43.5. The molecule has 5 aromatic rings. The lowest BCUT2D eigenvalue weighted by Gasteiger charge is -2.23. The number of hydrazine groups is 1. The van der Waals surface area contributed by atoms with E-state index in [1.54, 1.807) is 53.7 Å². The van der Waals surface area contributed by atoms with E-state index in [1.807, 2.05) is 14.0 Å². The molecule has 1 aliphatic rings. The number of halogens is 1. The first-order valence-electron chi connectivity index (χ1n) is 14.1. The van der Waals surface area contributed by atoms with Crippen molar-refractivity contribution in [1.29, 1.82) is 0 Å². The van der Waals surface area contributed by atoms with E-state index in [9.17, 15) is 14.4 Å². The molecule has 2 amide bonds. The molecule has 4 heterocycles. The maximum atomic E-state index is 15.4. The number of pyridine rings is 1. The number of esters is 1. The van der Waals surface area contributed by atoms with Gasteiger partial charge in [-0.25, -0.2) is 9.37 Å². The molecule has 12 heteroatoms. The van der Waals surface area contributed by atoms with Crippen LogP contribution in [-0.4, -0.2) is 50.8 Å². The van der Waals surface area contributed by atoms with E-state index >= 15 is 4.39 Å². The van der Waals surface area contributed by atoms with Crippen molar-refractivity contribution in [3.63, 3.8) is 0 Å². The van der Waals surface area contributed by atoms with Crippen LogP contribution in [0.25, 0.3) is 33.1 Å². The summed E-state index contributed by atoms with van der Waals surface area (Å²) in [7, 11) is 4.79. The maximum Gasteiger partial charge on any atom is 0.310 e. The van der Waals surface area contributed by atoms with E-state index in [2.05, 4.69) is 16.0 Å². The normalized spacial score (nSPS) is 12.6. The summed E-state index contributed by atoms with van der Waals surface area (Å²) in [5, 5.41) is 5.53. The third-order valence-corrected chi connectivity index (χ3v) is 8.27. The number of amides is 2. The molecule has 0 aliphatic carbocycles. The molecule has 0 saturated carbocycles. The van der Waals surface area contributed by atoms with Crippen molar-refractivity contribution in [3.8, 4) is 16.9 Å². The Morgan fingerprint density at radius 3 is 2.64 bits per heavy atom. The van der Waals surface area contributed by atoms with Crippen molar-refractivity contribution in [1.82, 2.24) is 30.2 Å². The van der Waals surface area contributed by atoms with Crippen molar-refractivity contribution in [3.05, 3.63) is 76.0 Å². The second kappa shape index (κ2) is 11.1. The van der Waals surface area contributed by atoms with Crippen LogP contribution in [0.2, 0.25) is 0 Å². The quantitative estimate of drug-likeness (QED) is 0.231. The highest BCUT2D eigenvalue weighted by Gasteiger charge is 2.27. The van der Waals surface area contributed by atoms with E-state index in [4.69, 9.17) is 14.5 Å². The Kier molecular flexibility index (Phi) is 7.28. The average Bonchev–Trinajstić information content (AvgIpc) is 3.56. The van der Waals surface area contributed by atoms with Gasteiger partial charge in [-0.15, -0.1) is 0 Å². The van der Waals surface area contributed by atoms with Crippen LogP contribution in [0.5, 0.6) is 5.75 Å². The molecule has 0 bridgehead atoms. The molecule has 226 valence electrons. The lowest BCUT2D eigenvalue weighted by Crippen LogP contribution is -2.42. The van der Waals surface area contributed by atoms with Crippen LogP contribution in [0.15, 0.2) is 36.5 Å². The van der Waals surface area contributed by atoms with Gasteiger partial charge in [0.2, 0.25) is 0 Å². The van der Waals surface area contributed by atoms with E-state index in [1.165, 1.54) is 13.2 Å². The van der Waals surface area contributed by atoms with Crippen LogP contribution >= 0.6 is 0 Å². The summed E-state index contributed by atoms with van der Waals surface area (Å²) >= 11 is 0. The fourth-order valence-electron chi connectivity index (χ4n) is 5.91. The van der Waals surface area contributed by atoms with Crippen molar-refractivity contribution in [2.45, 2.75) is 33.1 Å². The van der Waals surface area contributed by atoms with Crippen molar-refractivity contribution < 1.29 is 28.2 Å². The van der Waals surface area contributed by atoms with Crippen LogP contribution in [-0.2, 0) is 36.5 Å². The predicted octanol–water partition coefficient (Wildman–Crippen LogP) is 4.00. The number of aromatic nitrogens is 4. The molecule has 0 spiro atoms. The topological polar surface area (TPSA) is 129 Å². The monoisotopic (exact) mass is 598 g/mol. The first-order chi connectivity index (χ1) is 21.1. The smallest absolute Gasteiger partial charge is 0.310 e.